The first-order valence-corrected chi connectivity index (χ1v) is 8.12. The van der Waals surface area contributed by atoms with Crippen LogP contribution in [0.3, 0.4) is 0 Å². The average molecular weight is 300 g/mol. The zero-order valence-electron chi connectivity index (χ0n) is 12.9. The van der Waals surface area contributed by atoms with Gasteiger partial charge in [0, 0.05) is 12.0 Å². The number of carbonyl (C=O) groups is 2. The molecule has 0 bridgehead atoms. The molecule has 1 aromatic carbocycles. The summed E-state index contributed by atoms with van der Waals surface area (Å²) < 4.78 is 0. The number of nitrogens with zero attached hydrogens (tertiary/aromatic N) is 1. The van der Waals surface area contributed by atoms with Gasteiger partial charge in [-0.25, -0.2) is 9.69 Å². The van der Waals surface area contributed by atoms with Gasteiger partial charge in [-0.15, -0.1) is 0 Å². The van der Waals surface area contributed by atoms with Gasteiger partial charge in [0.2, 0.25) is 0 Å². The molecule has 5 nitrogen and oxygen atoms in total. The normalized spacial score (nSPS) is 31.1. The van der Waals surface area contributed by atoms with Crippen molar-refractivity contribution < 1.29 is 14.5 Å². The minimum Gasteiger partial charge on any atom is -0.323 e. The summed E-state index contributed by atoms with van der Waals surface area (Å²) in [4.78, 5) is 27.6. The molecule has 0 aromatic heterocycles. The number of rotatable bonds is 3. The maximum absolute atomic E-state index is 12.7. The smallest absolute Gasteiger partial charge is 0.323 e. The van der Waals surface area contributed by atoms with Gasteiger partial charge < -0.3 is 10.2 Å². The van der Waals surface area contributed by atoms with Crippen LogP contribution >= 0.6 is 0 Å². The van der Waals surface area contributed by atoms with E-state index in [9.17, 15) is 9.59 Å². The summed E-state index contributed by atoms with van der Waals surface area (Å²) in [5.74, 6) is 0.289. The van der Waals surface area contributed by atoms with Crippen LogP contribution in [0.25, 0.3) is 0 Å². The third-order valence-corrected chi connectivity index (χ3v) is 5.38. The van der Waals surface area contributed by atoms with Crippen molar-refractivity contribution in [3.63, 3.8) is 0 Å². The molecule has 2 atom stereocenters. The molecule has 2 fully saturated rings. The highest BCUT2D eigenvalue weighted by Crippen LogP contribution is 2.42. The Hall–Kier alpha value is -1.88. The predicted octanol–water partition coefficient (Wildman–Crippen LogP) is 0.306. The van der Waals surface area contributed by atoms with Crippen LogP contribution < -0.4 is 10.2 Å². The van der Waals surface area contributed by atoms with E-state index >= 15 is 0 Å². The molecule has 3 aliphatic rings. The van der Waals surface area contributed by atoms with Crippen LogP contribution in [0.15, 0.2) is 24.3 Å². The molecule has 5 heteroatoms. The summed E-state index contributed by atoms with van der Waals surface area (Å²) in [6.45, 7) is 4.20. The highest BCUT2D eigenvalue weighted by molar-refractivity contribution is 6.07. The molecule has 1 saturated carbocycles. The van der Waals surface area contributed by atoms with E-state index in [1.807, 2.05) is 6.92 Å². The number of amides is 3. The lowest BCUT2D eigenvalue weighted by molar-refractivity contribution is -0.923. The summed E-state index contributed by atoms with van der Waals surface area (Å²) in [5, 5.41) is 2.92. The first kappa shape index (κ1) is 13.8. The summed E-state index contributed by atoms with van der Waals surface area (Å²) >= 11 is 0. The van der Waals surface area contributed by atoms with Gasteiger partial charge >= 0.3 is 6.03 Å². The van der Waals surface area contributed by atoms with E-state index in [-0.39, 0.29) is 11.9 Å². The predicted molar refractivity (Wildman–Crippen MR) is 81.1 cm³/mol. The fourth-order valence-corrected chi connectivity index (χ4v) is 3.80. The molecule has 116 valence electrons. The Labute approximate surface area is 130 Å². The quantitative estimate of drug-likeness (QED) is 0.789. The molecule has 4 rings (SSSR count). The van der Waals surface area contributed by atoms with E-state index in [0.717, 1.165) is 32.4 Å². The van der Waals surface area contributed by atoms with Gasteiger partial charge in [-0.3, -0.25) is 4.79 Å². The van der Waals surface area contributed by atoms with Gasteiger partial charge in [0.05, 0.1) is 6.54 Å². The summed E-state index contributed by atoms with van der Waals surface area (Å²) in [6, 6.07) is 8.23. The number of benzene rings is 1. The number of nitrogens with one attached hydrogen (secondary N) is 2. The van der Waals surface area contributed by atoms with Crippen molar-refractivity contribution in [1.82, 2.24) is 10.2 Å². The second kappa shape index (κ2) is 4.81. The molecule has 1 saturated heterocycles. The lowest BCUT2D eigenvalue weighted by atomic mass is 9.96. The van der Waals surface area contributed by atoms with Crippen LogP contribution in [0.2, 0.25) is 0 Å². The number of hydrogen-bond donors (Lipinski definition) is 2. The van der Waals surface area contributed by atoms with Gasteiger partial charge in [-0.1, -0.05) is 24.3 Å². The number of carbonyl (C=O) groups excluding carboxylic acids is 2. The van der Waals surface area contributed by atoms with Crippen LogP contribution in [-0.2, 0) is 17.8 Å². The van der Waals surface area contributed by atoms with Crippen molar-refractivity contribution in [3.05, 3.63) is 35.4 Å². The van der Waals surface area contributed by atoms with E-state index in [1.165, 1.54) is 20.9 Å². The molecule has 2 aliphatic heterocycles. The monoisotopic (exact) mass is 300 g/mol. The van der Waals surface area contributed by atoms with Crippen LogP contribution in [0.1, 0.15) is 30.9 Å². The first-order valence-electron chi connectivity index (χ1n) is 8.12. The second-order valence-electron chi connectivity index (χ2n) is 6.99. The van der Waals surface area contributed by atoms with E-state index < -0.39 is 5.54 Å². The van der Waals surface area contributed by atoms with E-state index in [2.05, 4.69) is 29.6 Å². The Morgan fingerprint density at radius 1 is 1.27 bits per heavy atom. The van der Waals surface area contributed by atoms with Gasteiger partial charge in [0.25, 0.3) is 5.91 Å². The fraction of sp³-hybridized carbons (Fsp3) is 0.529. The zero-order valence-corrected chi connectivity index (χ0v) is 12.9. The lowest BCUT2D eigenvalue weighted by Gasteiger charge is -2.28. The maximum atomic E-state index is 12.7. The van der Waals surface area contributed by atoms with E-state index in [0.29, 0.717) is 12.6 Å². The van der Waals surface area contributed by atoms with Gasteiger partial charge in [0.1, 0.15) is 12.1 Å². The largest absolute Gasteiger partial charge is 0.329 e. The van der Waals surface area contributed by atoms with Crippen molar-refractivity contribution in [1.29, 1.82) is 0 Å². The Kier molecular flexibility index (Phi) is 3.01. The topological polar surface area (TPSA) is 53.9 Å². The molecular formula is C17H22N3O2+. The number of imide groups is 1. The highest BCUT2D eigenvalue weighted by atomic mass is 16.2. The van der Waals surface area contributed by atoms with E-state index in [4.69, 9.17) is 0 Å². The van der Waals surface area contributed by atoms with Crippen LogP contribution in [-0.4, -0.2) is 35.6 Å². The third-order valence-electron chi connectivity index (χ3n) is 5.38. The van der Waals surface area contributed by atoms with Crippen molar-refractivity contribution in [3.8, 4) is 0 Å². The number of fused-ring (bicyclic) bond motifs is 1. The molecule has 1 unspecified atom stereocenters. The summed E-state index contributed by atoms with van der Waals surface area (Å²) in [7, 11) is 0. The number of quaternary nitrogens is 1. The van der Waals surface area contributed by atoms with Crippen molar-refractivity contribution in [2.75, 3.05) is 13.2 Å². The zero-order chi connectivity index (χ0) is 15.3. The fourth-order valence-electron chi connectivity index (χ4n) is 3.80. The van der Waals surface area contributed by atoms with Crippen molar-refractivity contribution in [2.24, 2.45) is 5.92 Å². The molecule has 22 heavy (non-hydrogen) atoms. The van der Waals surface area contributed by atoms with E-state index in [1.54, 1.807) is 0 Å². The second-order valence-corrected chi connectivity index (χ2v) is 6.99. The highest BCUT2D eigenvalue weighted by Gasteiger charge is 2.56. The maximum Gasteiger partial charge on any atom is 0.329 e. The average Bonchev–Trinajstić information content (AvgIpc) is 3.33. The Morgan fingerprint density at radius 3 is 2.73 bits per heavy atom. The third kappa shape index (κ3) is 2.11. The SMILES string of the molecule is C[C@@]1(C2CC2)NC(=O)N(C[NH+]2CCc3ccccc3C2)C1=O. The molecular weight excluding hydrogens is 278 g/mol. The summed E-state index contributed by atoms with van der Waals surface area (Å²) in [5.41, 5.74) is 2.07. The van der Waals surface area contributed by atoms with Crippen LogP contribution in [0.4, 0.5) is 4.79 Å². The Balaban J connectivity index is 1.48. The minimum absolute atomic E-state index is 0.0358. The van der Waals surface area contributed by atoms with Crippen LogP contribution in [0, 0.1) is 5.92 Å². The van der Waals surface area contributed by atoms with Gasteiger partial charge in [0.15, 0.2) is 6.67 Å². The first-order chi connectivity index (χ1) is 10.6. The van der Waals surface area contributed by atoms with Crippen molar-refractivity contribution >= 4 is 11.9 Å². The molecule has 2 N–H and O–H groups in total. The Morgan fingerprint density at radius 2 is 2.00 bits per heavy atom. The molecule has 0 spiro atoms. The number of urea groups is 1. The lowest BCUT2D eigenvalue weighted by Crippen LogP contribution is -3.13. The summed E-state index contributed by atoms with van der Waals surface area (Å²) in [6.07, 6.45) is 3.09. The molecule has 0 radical (unpaired) electrons. The number of hydrogen-bond acceptors (Lipinski definition) is 2. The standard InChI is InChI=1S/C17H21N3O2/c1-17(14-6-7-14)15(21)20(16(22)18-17)11-19-9-8-12-4-2-3-5-13(12)10-19/h2-5,14H,6-11H2,1H3,(H,18,22)/p+1/t17-/m0/s1. The molecule has 3 amide bonds. The van der Waals surface area contributed by atoms with Gasteiger partial charge in [-0.05, 0) is 31.2 Å². The van der Waals surface area contributed by atoms with Gasteiger partial charge in [-0.2, -0.15) is 0 Å². The molecule has 1 aromatic rings. The Bertz CT molecular complexity index is 641. The van der Waals surface area contributed by atoms with Crippen LogP contribution in [0.5, 0.6) is 0 Å². The van der Waals surface area contributed by atoms with Crippen molar-refractivity contribution in [2.45, 2.75) is 38.3 Å². The molecule has 1 aliphatic carbocycles. The molecule has 2 heterocycles. The minimum atomic E-state index is -0.662.